The summed E-state index contributed by atoms with van der Waals surface area (Å²) in [5, 5.41) is 2.98. The second-order valence-electron chi connectivity index (χ2n) is 7.77. The van der Waals surface area contributed by atoms with Crippen LogP contribution in [-0.4, -0.2) is 4.57 Å². The Bertz CT molecular complexity index is 1580. The third-order valence-corrected chi connectivity index (χ3v) is 8.69. The van der Waals surface area contributed by atoms with Crippen molar-refractivity contribution in [3.05, 3.63) is 117 Å². The molecule has 0 saturated heterocycles. The van der Waals surface area contributed by atoms with Crippen LogP contribution in [0.1, 0.15) is 34.0 Å². The number of aryl methyl sites for hydroxylation is 1. The topological polar surface area (TPSA) is 34.4 Å². The first kappa shape index (κ1) is 20.2. The first-order valence-corrected chi connectivity index (χ1v) is 12.7. The average molecular weight is 495 g/mol. The van der Waals surface area contributed by atoms with E-state index in [2.05, 4.69) is 35.7 Å². The predicted molar refractivity (Wildman–Crippen MR) is 134 cm³/mol. The lowest BCUT2D eigenvalue weighted by atomic mass is 9.85. The summed E-state index contributed by atoms with van der Waals surface area (Å²) in [6.07, 6.45) is 3.66. The number of hydrogen-bond donors (Lipinski definition) is 0. The Morgan fingerprint density at radius 1 is 1.03 bits per heavy atom. The molecule has 1 aliphatic carbocycles. The second-order valence-corrected chi connectivity index (χ2v) is 10.5. The van der Waals surface area contributed by atoms with E-state index < -0.39 is 0 Å². The highest BCUT2D eigenvalue weighted by Gasteiger charge is 2.32. The minimum atomic E-state index is -0.133. The molecular weight excluding hydrogens is 479 g/mol. The molecule has 2 aliphatic rings. The highest BCUT2D eigenvalue weighted by Crippen LogP contribution is 2.42. The SMILES string of the molecule is O=c1/c(=C\c2cccc(Cl)c2Cl)sc2n1C(c1cccs1)C1=C(N=2)c2ccccc2CC1. The van der Waals surface area contributed by atoms with E-state index in [0.29, 0.717) is 19.4 Å². The Kier molecular flexibility index (Phi) is 4.95. The largest absolute Gasteiger partial charge is 0.271 e. The summed E-state index contributed by atoms with van der Waals surface area (Å²) >= 11 is 15.7. The number of rotatable bonds is 2. The van der Waals surface area contributed by atoms with Crippen LogP contribution < -0.4 is 14.9 Å². The van der Waals surface area contributed by atoms with Crippen LogP contribution in [0.3, 0.4) is 0 Å². The molecule has 0 saturated carbocycles. The molecule has 0 amide bonds. The van der Waals surface area contributed by atoms with Gasteiger partial charge in [-0.25, -0.2) is 4.99 Å². The highest BCUT2D eigenvalue weighted by atomic mass is 35.5. The van der Waals surface area contributed by atoms with E-state index in [1.54, 1.807) is 17.4 Å². The summed E-state index contributed by atoms with van der Waals surface area (Å²) in [5.74, 6) is 0. The second kappa shape index (κ2) is 7.85. The molecule has 0 N–H and O–H groups in total. The molecule has 3 nitrogen and oxygen atoms in total. The molecule has 0 radical (unpaired) electrons. The first-order valence-electron chi connectivity index (χ1n) is 10.2. The number of hydrogen-bond acceptors (Lipinski definition) is 4. The highest BCUT2D eigenvalue weighted by molar-refractivity contribution is 7.10. The summed E-state index contributed by atoms with van der Waals surface area (Å²) in [6, 6.07) is 17.9. The normalized spacial score (nSPS) is 17.6. The van der Waals surface area contributed by atoms with Gasteiger partial charge in [0.05, 0.1) is 26.3 Å². The molecule has 7 heteroatoms. The predicted octanol–water partition coefficient (Wildman–Crippen LogP) is 5.69. The van der Waals surface area contributed by atoms with Gasteiger partial charge in [-0.05, 0) is 53.1 Å². The van der Waals surface area contributed by atoms with Gasteiger partial charge >= 0.3 is 0 Å². The van der Waals surface area contributed by atoms with Crippen molar-refractivity contribution in [1.82, 2.24) is 4.57 Å². The van der Waals surface area contributed by atoms with Crippen molar-refractivity contribution in [2.45, 2.75) is 18.9 Å². The van der Waals surface area contributed by atoms with E-state index in [1.807, 2.05) is 28.8 Å². The number of thiazole rings is 1. The molecule has 2 aromatic heterocycles. The van der Waals surface area contributed by atoms with Crippen molar-refractivity contribution < 1.29 is 0 Å². The van der Waals surface area contributed by atoms with Gasteiger partial charge in [0.1, 0.15) is 0 Å². The fraction of sp³-hybridized carbons (Fsp3) is 0.120. The van der Waals surface area contributed by atoms with E-state index in [1.165, 1.54) is 28.0 Å². The van der Waals surface area contributed by atoms with Crippen LogP contribution in [0.5, 0.6) is 0 Å². The molecular formula is C25H16Cl2N2OS2. The maximum atomic E-state index is 13.6. The van der Waals surface area contributed by atoms with Crippen molar-refractivity contribution in [1.29, 1.82) is 0 Å². The Hall–Kier alpha value is -2.44. The summed E-state index contributed by atoms with van der Waals surface area (Å²) < 4.78 is 2.45. The average Bonchev–Trinajstić information content (AvgIpc) is 3.44. The van der Waals surface area contributed by atoms with Gasteiger partial charge in [0.2, 0.25) is 0 Å². The molecule has 1 atom stereocenters. The number of thiophene rings is 1. The van der Waals surface area contributed by atoms with Crippen molar-refractivity contribution in [2.24, 2.45) is 4.99 Å². The molecule has 0 bridgehead atoms. The van der Waals surface area contributed by atoms with Crippen LogP contribution in [-0.2, 0) is 6.42 Å². The van der Waals surface area contributed by atoms with E-state index in [9.17, 15) is 4.79 Å². The van der Waals surface area contributed by atoms with E-state index >= 15 is 0 Å². The standard InChI is InChI=1S/C25H16Cl2N2OS2/c26-18-8-3-6-15(21(18)27)13-20-24(30)29-23(19-9-4-12-31-19)17-11-10-14-5-1-2-7-16(14)22(17)28-25(29)32-20/h1-9,12-13,23H,10-11H2/b20-13+. The van der Waals surface area contributed by atoms with Crippen LogP contribution in [0.15, 0.2) is 75.3 Å². The lowest BCUT2D eigenvalue weighted by Gasteiger charge is -2.30. The maximum Gasteiger partial charge on any atom is 0.271 e. The van der Waals surface area contributed by atoms with Gasteiger partial charge in [-0.2, -0.15) is 0 Å². The monoisotopic (exact) mass is 494 g/mol. The number of nitrogens with zero attached hydrogens (tertiary/aromatic N) is 2. The Morgan fingerprint density at radius 2 is 1.91 bits per heavy atom. The lowest BCUT2D eigenvalue weighted by Crippen LogP contribution is -2.38. The van der Waals surface area contributed by atoms with Gasteiger partial charge in [-0.15, -0.1) is 11.3 Å². The van der Waals surface area contributed by atoms with Gasteiger partial charge in [0, 0.05) is 10.4 Å². The number of benzene rings is 2. The van der Waals surface area contributed by atoms with Gasteiger partial charge in [0.15, 0.2) is 4.80 Å². The van der Waals surface area contributed by atoms with Crippen LogP contribution in [0, 0.1) is 0 Å². The number of fused-ring (bicyclic) bond motifs is 3. The van der Waals surface area contributed by atoms with E-state index in [0.717, 1.165) is 29.0 Å². The van der Waals surface area contributed by atoms with Crippen LogP contribution in [0.4, 0.5) is 0 Å². The third kappa shape index (κ3) is 3.15. The van der Waals surface area contributed by atoms with Crippen molar-refractivity contribution >= 4 is 57.6 Å². The molecule has 0 spiro atoms. The van der Waals surface area contributed by atoms with Gasteiger partial charge < -0.3 is 0 Å². The van der Waals surface area contributed by atoms with Gasteiger partial charge in [0.25, 0.3) is 5.56 Å². The molecule has 1 aliphatic heterocycles. The molecule has 158 valence electrons. The molecule has 1 unspecified atom stereocenters. The zero-order valence-corrected chi connectivity index (χ0v) is 19.9. The van der Waals surface area contributed by atoms with Crippen molar-refractivity contribution in [3.63, 3.8) is 0 Å². The molecule has 3 heterocycles. The van der Waals surface area contributed by atoms with Crippen molar-refractivity contribution in [3.8, 4) is 0 Å². The lowest BCUT2D eigenvalue weighted by molar-refractivity contribution is 0.593. The maximum absolute atomic E-state index is 13.6. The molecule has 2 aromatic carbocycles. The quantitative estimate of drug-likeness (QED) is 0.352. The Labute approximate surface area is 202 Å². The van der Waals surface area contributed by atoms with Crippen LogP contribution >= 0.6 is 45.9 Å². The first-order chi connectivity index (χ1) is 15.6. The number of allylic oxidation sites excluding steroid dienone is 1. The summed E-state index contributed by atoms with van der Waals surface area (Å²) in [7, 11) is 0. The van der Waals surface area contributed by atoms with Gasteiger partial charge in [-0.3, -0.25) is 9.36 Å². The fourth-order valence-electron chi connectivity index (χ4n) is 4.49. The van der Waals surface area contributed by atoms with E-state index in [4.69, 9.17) is 28.2 Å². The third-order valence-electron chi connectivity index (χ3n) is 5.95. The molecule has 4 aromatic rings. The van der Waals surface area contributed by atoms with Crippen LogP contribution in [0.25, 0.3) is 11.8 Å². The molecule has 32 heavy (non-hydrogen) atoms. The smallest absolute Gasteiger partial charge is 0.271 e. The summed E-state index contributed by atoms with van der Waals surface area (Å²) in [4.78, 5) is 20.5. The number of halogens is 2. The summed E-state index contributed by atoms with van der Waals surface area (Å²) in [6.45, 7) is 0. The Balaban J connectivity index is 1.63. The Morgan fingerprint density at radius 3 is 2.75 bits per heavy atom. The zero-order valence-electron chi connectivity index (χ0n) is 16.7. The minimum Gasteiger partial charge on any atom is -0.271 e. The van der Waals surface area contributed by atoms with E-state index in [-0.39, 0.29) is 11.6 Å². The van der Waals surface area contributed by atoms with Crippen molar-refractivity contribution in [2.75, 3.05) is 0 Å². The molecule has 6 rings (SSSR count). The van der Waals surface area contributed by atoms with Gasteiger partial charge in [-0.1, -0.05) is 77.0 Å². The minimum absolute atomic E-state index is 0.0476. The number of aromatic nitrogens is 1. The summed E-state index contributed by atoms with van der Waals surface area (Å²) in [5.41, 5.74) is 5.39. The van der Waals surface area contributed by atoms with Crippen LogP contribution in [0.2, 0.25) is 10.0 Å². The zero-order chi connectivity index (χ0) is 21.8. The fourth-order valence-corrected chi connectivity index (χ4v) is 6.69. The molecule has 0 fully saturated rings.